The lowest BCUT2D eigenvalue weighted by Gasteiger charge is -2.13. The third kappa shape index (κ3) is 6.29. The Kier molecular flexibility index (Phi) is 6.85. The second kappa shape index (κ2) is 8.90. The lowest BCUT2D eigenvalue weighted by Crippen LogP contribution is -2.22. The van der Waals surface area contributed by atoms with Gasteiger partial charge in [0.2, 0.25) is 0 Å². The molecule has 1 N–H and O–H groups in total. The molecule has 2 rings (SSSR count). The summed E-state index contributed by atoms with van der Waals surface area (Å²) in [5, 5.41) is 2.16. The summed E-state index contributed by atoms with van der Waals surface area (Å²) in [6.07, 6.45) is -4.49. The summed E-state index contributed by atoms with van der Waals surface area (Å²) in [6.45, 7) is 1.23. The molecule has 1 amide bonds. The van der Waals surface area contributed by atoms with E-state index in [1.54, 1.807) is 0 Å². The fourth-order valence-corrected chi connectivity index (χ4v) is 2.50. The van der Waals surface area contributed by atoms with Crippen LogP contribution in [0.2, 0.25) is 5.02 Å². The molecule has 0 bridgehead atoms. The molecule has 144 valence electrons. The highest BCUT2D eigenvalue weighted by atomic mass is 35.5. The molecule has 0 radical (unpaired) electrons. The normalized spacial score (nSPS) is 12.3. The first kappa shape index (κ1) is 20.8. The number of alkyl halides is 3. The van der Waals surface area contributed by atoms with Gasteiger partial charge in [-0.3, -0.25) is 9.59 Å². The summed E-state index contributed by atoms with van der Waals surface area (Å²) >= 11 is 5.80. The van der Waals surface area contributed by atoms with Crippen LogP contribution in [0.4, 0.5) is 18.9 Å². The molecule has 0 aliphatic carbocycles. The van der Waals surface area contributed by atoms with Gasteiger partial charge in [-0.05, 0) is 29.7 Å². The minimum Gasteiger partial charge on any atom is -0.456 e. The molecule has 8 heteroatoms. The Morgan fingerprint density at radius 3 is 2.44 bits per heavy atom. The molecule has 27 heavy (non-hydrogen) atoms. The minimum absolute atomic E-state index is 0.0552. The molecule has 0 aliphatic rings. The molecule has 0 fully saturated rings. The highest BCUT2D eigenvalue weighted by Gasteiger charge is 2.31. The van der Waals surface area contributed by atoms with Crippen molar-refractivity contribution in [2.75, 3.05) is 11.9 Å². The number of hydrogen-bond acceptors (Lipinski definition) is 3. The van der Waals surface area contributed by atoms with E-state index in [0.717, 1.165) is 23.8 Å². The number of amides is 1. The Morgan fingerprint density at radius 1 is 1.15 bits per heavy atom. The average molecular weight is 400 g/mol. The number of ether oxygens (including phenoxy) is 1. The number of hydrogen-bond donors (Lipinski definition) is 1. The molecule has 4 nitrogen and oxygen atoms in total. The summed E-state index contributed by atoms with van der Waals surface area (Å²) in [7, 11) is 0. The van der Waals surface area contributed by atoms with Gasteiger partial charge < -0.3 is 10.1 Å². The summed E-state index contributed by atoms with van der Waals surface area (Å²) in [5.41, 5.74) is -0.198. The van der Waals surface area contributed by atoms with E-state index in [9.17, 15) is 22.8 Å². The van der Waals surface area contributed by atoms with Crippen LogP contribution < -0.4 is 5.32 Å². The van der Waals surface area contributed by atoms with Gasteiger partial charge in [0.1, 0.15) is 0 Å². The van der Waals surface area contributed by atoms with E-state index in [-0.39, 0.29) is 23.0 Å². The van der Waals surface area contributed by atoms with E-state index in [4.69, 9.17) is 16.3 Å². The minimum atomic E-state index is -4.57. The van der Waals surface area contributed by atoms with Crippen molar-refractivity contribution < 1.29 is 27.5 Å². The number of nitrogens with one attached hydrogen (secondary N) is 1. The van der Waals surface area contributed by atoms with Gasteiger partial charge in [-0.15, -0.1) is 0 Å². The Bertz CT molecular complexity index is 810. The van der Waals surface area contributed by atoms with Crippen molar-refractivity contribution in [2.45, 2.75) is 25.4 Å². The number of benzene rings is 2. The average Bonchev–Trinajstić information content (AvgIpc) is 2.61. The van der Waals surface area contributed by atoms with Crippen LogP contribution >= 0.6 is 11.6 Å². The highest BCUT2D eigenvalue weighted by molar-refractivity contribution is 6.33. The first-order chi connectivity index (χ1) is 12.7. The van der Waals surface area contributed by atoms with E-state index in [2.05, 4.69) is 5.32 Å². The van der Waals surface area contributed by atoms with Crippen LogP contribution in [0, 0.1) is 0 Å². The molecule has 0 aliphatic heterocycles. The number of carbonyl (C=O) groups is 2. The van der Waals surface area contributed by atoms with Crippen LogP contribution in [0.25, 0.3) is 0 Å². The van der Waals surface area contributed by atoms with Gasteiger partial charge in [0.25, 0.3) is 5.91 Å². The van der Waals surface area contributed by atoms with Gasteiger partial charge in [0.15, 0.2) is 6.61 Å². The maximum atomic E-state index is 12.7. The smallest absolute Gasteiger partial charge is 0.416 e. The van der Waals surface area contributed by atoms with Gasteiger partial charge in [-0.1, -0.05) is 48.9 Å². The molecule has 0 aromatic heterocycles. The molecule has 0 saturated carbocycles. The molecule has 2 aromatic rings. The molecule has 0 saturated heterocycles. The molecular weight excluding hydrogens is 383 g/mol. The standard InChI is InChI=1S/C19H17ClF3NO3/c1-12(13-5-3-2-4-6-13)9-18(26)27-11-17(25)24-16-10-14(19(21,22)23)7-8-15(16)20/h2-8,10,12H,9,11H2,1H3,(H,24,25)/t12-/m0/s1. The van der Waals surface area contributed by atoms with Gasteiger partial charge >= 0.3 is 12.1 Å². The topological polar surface area (TPSA) is 55.4 Å². The quantitative estimate of drug-likeness (QED) is 0.693. The molecule has 2 aromatic carbocycles. The third-order valence-electron chi connectivity index (χ3n) is 3.77. The van der Waals surface area contributed by atoms with Crippen molar-refractivity contribution in [3.8, 4) is 0 Å². The second-order valence-electron chi connectivity index (χ2n) is 5.92. The molecular formula is C19H17ClF3NO3. The zero-order valence-corrected chi connectivity index (χ0v) is 15.1. The SMILES string of the molecule is C[C@@H](CC(=O)OCC(=O)Nc1cc(C(F)(F)F)ccc1Cl)c1ccccc1. The van der Waals surface area contributed by atoms with Crippen molar-refractivity contribution in [1.29, 1.82) is 0 Å². The van der Waals surface area contributed by atoms with Crippen LogP contribution in [0.15, 0.2) is 48.5 Å². The molecule has 0 heterocycles. The lowest BCUT2D eigenvalue weighted by atomic mass is 9.98. The van der Waals surface area contributed by atoms with Crippen molar-refractivity contribution in [3.63, 3.8) is 0 Å². The predicted octanol–water partition coefficient (Wildman–Crippen LogP) is 5.03. The van der Waals surface area contributed by atoms with Crippen LogP contribution in [-0.2, 0) is 20.5 Å². The Balaban J connectivity index is 1.88. The zero-order chi connectivity index (χ0) is 20.0. The lowest BCUT2D eigenvalue weighted by molar-refractivity contribution is -0.147. The number of carbonyl (C=O) groups excluding carboxylic acids is 2. The van der Waals surface area contributed by atoms with E-state index in [1.165, 1.54) is 0 Å². The van der Waals surface area contributed by atoms with E-state index >= 15 is 0 Å². The van der Waals surface area contributed by atoms with Crippen molar-refractivity contribution in [2.24, 2.45) is 0 Å². The van der Waals surface area contributed by atoms with Gasteiger partial charge in [0, 0.05) is 0 Å². The monoisotopic (exact) mass is 399 g/mol. The van der Waals surface area contributed by atoms with Gasteiger partial charge in [-0.25, -0.2) is 0 Å². The van der Waals surface area contributed by atoms with Crippen LogP contribution in [0.3, 0.4) is 0 Å². The summed E-state index contributed by atoms with van der Waals surface area (Å²) in [5.74, 6) is -1.46. The predicted molar refractivity (Wildman–Crippen MR) is 95.5 cm³/mol. The first-order valence-corrected chi connectivity index (χ1v) is 8.42. The van der Waals surface area contributed by atoms with E-state index in [1.807, 2.05) is 37.3 Å². The fraction of sp³-hybridized carbons (Fsp3) is 0.263. The Morgan fingerprint density at radius 2 is 1.81 bits per heavy atom. The molecule has 0 spiro atoms. The van der Waals surface area contributed by atoms with Gasteiger partial charge in [0.05, 0.1) is 22.7 Å². The molecule has 0 unspecified atom stereocenters. The van der Waals surface area contributed by atoms with Gasteiger partial charge in [-0.2, -0.15) is 13.2 Å². The highest BCUT2D eigenvalue weighted by Crippen LogP contribution is 2.33. The largest absolute Gasteiger partial charge is 0.456 e. The fourth-order valence-electron chi connectivity index (χ4n) is 2.34. The second-order valence-corrected chi connectivity index (χ2v) is 6.32. The van der Waals surface area contributed by atoms with E-state index < -0.39 is 30.2 Å². The van der Waals surface area contributed by atoms with Crippen LogP contribution in [-0.4, -0.2) is 18.5 Å². The van der Waals surface area contributed by atoms with Crippen LogP contribution in [0.1, 0.15) is 30.4 Å². The summed E-state index contributed by atoms with van der Waals surface area (Å²) in [4.78, 5) is 23.7. The van der Waals surface area contributed by atoms with E-state index in [0.29, 0.717) is 0 Å². The number of halogens is 4. The first-order valence-electron chi connectivity index (χ1n) is 8.04. The zero-order valence-electron chi connectivity index (χ0n) is 14.3. The van der Waals surface area contributed by atoms with Crippen molar-refractivity contribution in [3.05, 3.63) is 64.7 Å². The number of esters is 1. The maximum Gasteiger partial charge on any atom is 0.416 e. The molecule has 1 atom stereocenters. The summed E-state index contributed by atoms with van der Waals surface area (Å²) in [6, 6.07) is 11.9. The van der Waals surface area contributed by atoms with Crippen molar-refractivity contribution in [1.82, 2.24) is 0 Å². The maximum absolute atomic E-state index is 12.7. The van der Waals surface area contributed by atoms with Crippen molar-refractivity contribution >= 4 is 29.2 Å². The Labute approximate surface area is 159 Å². The summed E-state index contributed by atoms with van der Waals surface area (Å²) < 4.78 is 43.1. The third-order valence-corrected chi connectivity index (χ3v) is 4.10. The Hall–Kier alpha value is -2.54. The number of anilines is 1. The van der Waals surface area contributed by atoms with Crippen LogP contribution in [0.5, 0.6) is 0 Å². The number of rotatable bonds is 6.